The zero-order valence-electron chi connectivity index (χ0n) is 15.5. The molecule has 7 heteroatoms. The second-order valence-electron chi connectivity index (χ2n) is 7.23. The average molecular weight is 359 g/mol. The van der Waals surface area contributed by atoms with E-state index < -0.39 is 0 Å². The van der Waals surface area contributed by atoms with Crippen LogP contribution in [0.5, 0.6) is 0 Å². The molecule has 2 aliphatic rings. The SMILES string of the molecule is Cc1cnccc1NCCNC(=O)[C@H]1CNC[C@H](C(=O)N2CCCC2)C1. The van der Waals surface area contributed by atoms with Crippen molar-refractivity contribution in [2.45, 2.75) is 26.2 Å². The molecule has 0 unspecified atom stereocenters. The zero-order valence-corrected chi connectivity index (χ0v) is 15.5. The van der Waals surface area contributed by atoms with E-state index in [1.807, 2.05) is 24.1 Å². The summed E-state index contributed by atoms with van der Waals surface area (Å²) in [7, 11) is 0. The van der Waals surface area contributed by atoms with Crippen LogP contribution in [0, 0.1) is 18.8 Å². The molecule has 0 radical (unpaired) electrons. The Morgan fingerprint density at radius 2 is 2.00 bits per heavy atom. The second kappa shape index (κ2) is 8.98. The highest BCUT2D eigenvalue weighted by molar-refractivity contribution is 5.83. The number of pyridine rings is 1. The van der Waals surface area contributed by atoms with Gasteiger partial charge in [0.15, 0.2) is 0 Å². The monoisotopic (exact) mass is 359 g/mol. The summed E-state index contributed by atoms with van der Waals surface area (Å²) >= 11 is 0. The molecule has 7 nitrogen and oxygen atoms in total. The molecule has 142 valence electrons. The number of hydrogen-bond donors (Lipinski definition) is 3. The standard InChI is InChI=1S/C19H29N5O2/c1-14-11-20-5-4-17(14)22-6-7-23-18(25)15-10-16(13-21-12-15)19(26)24-8-2-3-9-24/h4-5,11,15-16,21H,2-3,6-10,12-13H2,1H3,(H,20,22)(H,23,25)/t15-,16-/m1/s1. The van der Waals surface area contributed by atoms with Gasteiger partial charge in [-0.1, -0.05) is 0 Å². The third-order valence-electron chi connectivity index (χ3n) is 5.25. The van der Waals surface area contributed by atoms with Crippen LogP contribution in [0.25, 0.3) is 0 Å². The van der Waals surface area contributed by atoms with E-state index in [1.165, 1.54) is 0 Å². The molecule has 0 bridgehead atoms. The molecule has 2 fully saturated rings. The number of rotatable bonds is 6. The Labute approximate surface area is 154 Å². The molecule has 1 aromatic heterocycles. The maximum atomic E-state index is 12.6. The number of anilines is 1. The number of aromatic nitrogens is 1. The van der Waals surface area contributed by atoms with Crippen LogP contribution in [0.15, 0.2) is 18.5 Å². The summed E-state index contributed by atoms with van der Waals surface area (Å²) in [5, 5.41) is 9.56. The molecule has 0 aromatic carbocycles. The van der Waals surface area contributed by atoms with Crippen molar-refractivity contribution in [3.05, 3.63) is 24.0 Å². The summed E-state index contributed by atoms with van der Waals surface area (Å²) in [6.07, 6.45) is 6.40. The van der Waals surface area contributed by atoms with E-state index in [0.29, 0.717) is 32.6 Å². The summed E-state index contributed by atoms with van der Waals surface area (Å²) < 4.78 is 0. The van der Waals surface area contributed by atoms with Gasteiger partial charge in [0.1, 0.15) is 0 Å². The van der Waals surface area contributed by atoms with Crippen LogP contribution in [0.3, 0.4) is 0 Å². The Morgan fingerprint density at radius 3 is 2.77 bits per heavy atom. The highest BCUT2D eigenvalue weighted by Gasteiger charge is 2.33. The number of nitrogens with zero attached hydrogens (tertiary/aromatic N) is 2. The van der Waals surface area contributed by atoms with Crippen molar-refractivity contribution in [2.24, 2.45) is 11.8 Å². The number of nitrogens with one attached hydrogen (secondary N) is 3. The summed E-state index contributed by atoms with van der Waals surface area (Å²) in [6, 6.07) is 1.93. The van der Waals surface area contributed by atoms with E-state index in [9.17, 15) is 9.59 Å². The van der Waals surface area contributed by atoms with Gasteiger partial charge in [-0.3, -0.25) is 14.6 Å². The fourth-order valence-corrected chi connectivity index (χ4v) is 3.72. The normalized spacial score (nSPS) is 22.9. The lowest BCUT2D eigenvalue weighted by atomic mass is 9.89. The van der Waals surface area contributed by atoms with E-state index in [0.717, 1.165) is 37.2 Å². The topological polar surface area (TPSA) is 86.4 Å². The van der Waals surface area contributed by atoms with E-state index in [1.54, 1.807) is 6.20 Å². The molecular weight excluding hydrogens is 330 g/mol. The van der Waals surface area contributed by atoms with Crippen LogP contribution in [0.2, 0.25) is 0 Å². The number of aryl methyl sites for hydroxylation is 1. The molecule has 1 aromatic rings. The number of likely N-dealkylation sites (tertiary alicyclic amines) is 1. The van der Waals surface area contributed by atoms with Gasteiger partial charge in [-0.05, 0) is 37.8 Å². The summed E-state index contributed by atoms with van der Waals surface area (Å²) in [4.78, 5) is 31.0. The lowest BCUT2D eigenvalue weighted by Crippen LogP contribution is -2.49. The van der Waals surface area contributed by atoms with Crippen molar-refractivity contribution in [3.8, 4) is 0 Å². The van der Waals surface area contributed by atoms with E-state index >= 15 is 0 Å². The molecule has 0 aliphatic carbocycles. The fourth-order valence-electron chi connectivity index (χ4n) is 3.72. The van der Waals surface area contributed by atoms with Crippen molar-refractivity contribution >= 4 is 17.5 Å². The van der Waals surface area contributed by atoms with Gasteiger partial charge in [-0.15, -0.1) is 0 Å². The maximum Gasteiger partial charge on any atom is 0.226 e. The molecular formula is C19H29N5O2. The Hall–Kier alpha value is -2.15. The Kier molecular flexibility index (Phi) is 6.44. The molecule has 26 heavy (non-hydrogen) atoms. The first kappa shape index (κ1) is 18.6. The molecule has 3 rings (SSSR count). The molecule has 3 heterocycles. The summed E-state index contributed by atoms with van der Waals surface area (Å²) in [6.45, 7) is 6.28. The first-order valence-corrected chi connectivity index (χ1v) is 9.57. The Bertz CT molecular complexity index is 630. The van der Waals surface area contributed by atoms with Gasteiger partial charge < -0.3 is 20.9 Å². The number of amides is 2. The number of piperidine rings is 1. The maximum absolute atomic E-state index is 12.6. The fraction of sp³-hybridized carbons (Fsp3) is 0.632. The highest BCUT2D eigenvalue weighted by atomic mass is 16.2. The lowest BCUT2D eigenvalue weighted by molar-refractivity contribution is -0.136. The van der Waals surface area contributed by atoms with Gasteiger partial charge >= 0.3 is 0 Å². The van der Waals surface area contributed by atoms with Crippen molar-refractivity contribution in [1.82, 2.24) is 20.5 Å². The Balaban J connectivity index is 1.41. The van der Waals surface area contributed by atoms with Crippen LogP contribution in [0.4, 0.5) is 5.69 Å². The number of hydrogen-bond acceptors (Lipinski definition) is 5. The van der Waals surface area contributed by atoms with Crippen LogP contribution in [-0.2, 0) is 9.59 Å². The first-order valence-electron chi connectivity index (χ1n) is 9.57. The van der Waals surface area contributed by atoms with Crippen molar-refractivity contribution < 1.29 is 9.59 Å². The van der Waals surface area contributed by atoms with Gasteiger partial charge in [0.2, 0.25) is 11.8 Å². The predicted molar refractivity (Wildman–Crippen MR) is 101 cm³/mol. The van der Waals surface area contributed by atoms with Gasteiger partial charge in [0, 0.05) is 57.3 Å². The number of carbonyl (C=O) groups excluding carboxylic acids is 2. The van der Waals surface area contributed by atoms with Gasteiger partial charge in [-0.25, -0.2) is 0 Å². The van der Waals surface area contributed by atoms with Gasteiger partial charge in [0.05, 0.1) is 11.8 Å². The van der Waals surface area contributed by atoms with Gasteiger partial charge in [-0.2, -0.15) is 0 Å². The smallest absolute Gasteiger partial charge is 0.226 e. The molecule has 0 spiro atoms. The minimum absolute atomic E-state index is 0.0321. The third-order valence-corrected chi connectivity index (χ3v) is 5.25. The molecule has 2 amide bonds. The molecule has 0 saturated carbocycles. The molecule has 3 N–H and O–H groups in total. The lowest BCUT2D eigenvalue weighted by Gasteiger charge is -2.31. The third kappa shape index (κ3) is 4.72. The molecule has 2 atom stereocenters. The number of carbonyl (C=O) groups is 2. The molecule has 2 saturated heterocycles. The predicted octanol–water partition coefficient (Wildman–Crippen LogP) is 0.766. The van der Waals surface area contributed by atoms with Crippen molar-refractivity contribution in [1.29, 1.82) is 0 Å². The first-order chi connectivity index (χ1) is 12.6. The van der Waals surface area contributed by atoms with Crippen LogP contribution in [0.1, 0.15) is 24.8 Å². The van der Waals surface area contributed by atoms with Crippen LogP contribution < -0.4 is 16.0 Å². The van der Waals surface area contributed by atoms with Crippen molar-refractivity contribution in [3.63, 3.8) is 0 Å². The molecule has 2 aliphatic heterocycles. The minimum Gasteiger partial charge on any atom is -0.383 e. The van der Waals surface area contributed by atoms with Crippen LogP contribution >= 0.6 is 0 Å². The quantitative estimate of drug-likeness (QED) is 0.653. The Morgan fingerprint density at radius 1 is 1.23 bits per heavy atom. The van der Waals surface area contributed by atoms with Gasteiger partial charge in [0.25, 0.3) is 0 Å². The summed E-state index contributed by atoms with van der Waals surface area (Å²) in [5.41, 5.74) is 2.11. The average Bonchev–Trinajstić information content (AvgIpc) is 3.20. The second-order valence-corrected chi connectivity index (χ2v) is 7.23. The van der Waals surface area contributed by atoms with E-state index in [2.05, 4.69) is 20.9 Å². The largest absolute Gasteiger partial charge is 0.383 e. The summed E-state index contributed by atoms with van der Waals surface area (Å²) in [5.74, 6) is 0.0326. The van der Waals surface area contributed by atoms with Crippen molar-refractivity contribution in [2.75, 3.05) is 44.6 Å². The van der Waals surface area contributed by atoms with Crippen LogP contribution in [-0.4, -0.2) is 61.0 Å². The minimum atomic E-state index is -0.136. The van der Waals surface area contributed by atoms with E-state index in [4.69, 9.17) is 0 Å². The highest BCUT2D eigenvalue weighted by Crippen LogP contribution is 2.21. The van der Waals surface area contributed by atoms with E-state index in [-0.39, 0.29) is 23.7 Å². The zero-order chi connectivity index (χ0) is 18.4.